The average Bonchev–Trinajstić information content (AvgIpc) is 3.58. The van der Waals surface area contributed by atoms with Crippen molar-refractivity contribution in [2.75, 3.05) is 11.6 Å². The van der Waals surface area contributed by atoms with E-state index in [9.17, 15) is 36.2 Å². The monoisotopic (exact) mass is 519 g/mol. The normalized spacial score (nSPS) is 26.7. The van der Waals surface area contributed by atoms with E-state index >= 15 is 0 Å². The Morgan fingerprint density at radius 3 is 2.60 bits per heavy atom. The van der Waals surface area contributed by atoms with E-state index in [1.165, 1.54) is 0 Å². The van der Waals surface area contributed by atoms with Crippen LogP contribution in [0, 0.1) is 21.3 Å². The van der Waals surface area contributed by atoms with Crippen LogP contribution in [-0.2, 0) is 22.5 Å². The van der Waals surface area contributed by atoms with Crippen LogP contribution in [0.2, 0.25) is 0 Å². The summed E-state index contributed by atoms with van der Waals surface area (Å²) in [4.78, 5) is 13.2. The number of anilines is 1. The van der Waals surface area contributed by atoms with Crippen molar-refractivity contribution >= 4 is 21.3 Å². The lowest BCUT2D eigenvalue weighted by Crippen LogP contribution is -2.33. The third-order valence-corrected chi connectivity index (χ3v) is 8.06. The van der Waals surface area contributed by atoms with Crippen LogP contribution in [0.3, 0.4) is 0 Å². The number of nitrogens with zero attached hydrogens (tertiary/aromatic N) is 3. The first-order chi connectivity index (χ1) is 16.1. The fraction of sp³-hybridized carbons (Fsp3) is 0.571. The van der Waals surface area contributed by atoms with Crippen molar-refractivity contribution in [1.29, 1.82) is 4.78 Å². The van der Waals surface area contributed by atoms with Crippen LogP contribution in [0.4, 0.5) is 27.6 Å². The fourth-order valence-electron chi connectivity index (χ4n) is 5.20. The van der Waals surface area contributed by atoms with Gasteiger partial charge in [0.1, 0.15) is 21.0 Å². The Hall–Kier alpha value is -2.77. The van der Waals surface area contributed by atoms with Gasteiger partial charge in [-0.25, -0.2) is 17.8 Å². The third kappa shape index (κ3) is 4.36. The minimum Gasteiger partial charge on any atom is -0.618 e. The quantitative estimate of drug-likeness (QED) is 0.339. The van der Waals surface area contributed by atoms with Crippen LogP contribution in [0.15, 0.2) is 23.4 Å². The molecule has 2 N–H and O–H groups in total. The van der Waals surface area contributed by atoms with Gasteiger partial charge in [0, 0.05) is 43.7 Å². The van der Waals surface area contributed by atoms with Crippen molar-refractivity contribution in [3.63, 3.8) is 0 Å². The summed E-state index contributed by atoms with van der Waals surface area (Å²) in [6.07, 6.45) is -2.45. The number of pyridine rings is 1. The van der Waals surface area contributed by atoms with E-state index in [0.717, 1.165) is 29.3 Å². The number of hydrogen-bond acceptors (Lipinski definition) is 5. The maximum atomic E-state index is 14.2. The third-order valence-electron chi connectivity index (χ3n) is 6.96. The topological polar surface area (TPSA) is 115 Å². The standard InChI is InChI=1S/C21H22F5N5O3S/c1-35(27,34)14-6-13(4-5-31(14)33)28-18(32)17-15(21(24,25)26)16(11-2-3-11)29-30(17)10-19-7-12(19)8-20(22,23)9-19/h4-6,11-12,27H,2-3,7-10H2,1H3,(H,28,32). The SMILES string of the molecule is CS(=N)(=O)c1cc(NC(=O)c2c(C(F)(F)F)c(C3CC3)nn2CC23CC2CC(F)(F)C3)cc[n+]1[O-]. The van der Waals surface area contributed by atoms with E-state index in [1.54, 1.807) is 0 Å². The number of carbonyl (C=O) groups excluding carboxylic acids is 1. The van der Waals surface area contributed by atoms with Gasteiger partial charge in [0.2, 0.25) is 5.92 Å². The number of aromatic nitrogens is 3. The van der Waals surface area contributed by atoms with Gasteiger partial charge >= 0.3 is 6.18 Å². The van der Waals surface area contributed by atoms with Gasteiger partial charge in [-0.15, -0.1) is 0 Å². The first-order valence-electron chi connectivity index (χ1n) is 10.9. The van der Waals surface area contributed by atoms with Gasteiger partial charge in [-0.1, -0.05) is 0 Å². The number of fused-ring (bicyclic) bond motifs is 1. The van der Waals surface area contributed by atoms with E-state index in [4.69, 9.17) is 4.78 Å². The van der Waals surface area contributed by atoms with Gasteiger partial charge in [0.25, 0.3) is 10.9 Å². The van der Waals surface area contributed by atoms with Crippen molar-refractivity contribution in [1.82, 2.24) is 9.78 Å². The molecule has 3 aliphatic carbocycles. The Morgan fingerprint density at radius 1 is 1.37 bits per heavy atom. The molecule has 190 valence electrons. The summed E-state index contributed by atoms with van der Waals surface area (Å²) in [6.45, 7) is -0.234. The second-order valence-corrected chi connectivity index (χ2v) is 12.0. The molecule has 14 heteroatoms. The van der Waals surface area contributed by atoms with Gasteiger partial charge in [0.15, 0.2) is 6.20 Å². The molecular formula is C21H22F5N5O3S. The second kappa shape index (κ2) is 7.37. The Morgan fingerprint density at radius 2 is 2.06 bits per heavy atom. The molecule has 2 heterocycles. The van der Waals surface area contributed by atoms with Gasteiger partial charge in [0.05, 0.1) is 11.4 Å². The summed E-state index contributed by atoms with van der Waals surface area (Å²) >= 11 is 0. The van der Waals surface area contributed by atoms with E-state index in [0.29, 0.717) is 19.3 Å². The van der Waals surface area contributed by atoms with E-state index in [1.807, 2.05) is 0 Å². The van der Waals surface area contributed by atoms with Crippen molar-refractivity contribution in [2.45, 2.75) is 61.7 Å². The molecule has 3 saturated carbocycles. The predicted octanol–water partition coefficient (Wildman–Crippen LogP) is 4.14. The number of alkyl halides is 5. The van der Waals surface area contributed by atoms with Crippen molar-refractivity contribution in [3.05, 3.63) is 40.5 Å². The Labute approximate surface area is 197 Å². The molecule has 0 aliphatic heterocycles. The predicted molar refractivity (Wildman–Crippen MR) is 112 cm³/mol. The van der Waals surface area contributed by atoms with Gasteiger partial charge in [-0.3, -0.25) is 9.48 Å². The molecule has 3 aliphatic rings. The lowest BCUT2D eigenvalue weighted by Gasteiger charge is -2.18. The van der Waals surface area contributed by atoms with E-state index in [2.05, 4.69) is 10.4 Å². The number of rotatable bonds is 6. The largest absolute Gasteiger partial charge is 0.618 e. The lowest BCUT2D eigenvalue weighted by molar-refractivity contribution is -0.646. The smallest absolute Gasteiger partial charge is 0.420 e. The molecule has 5 rings (SSSR count). The van der Waals surface area contributed by atoms with Crippen LogP contribution in [-0.4, -0.2) is 32.1 Å². The minimum absolute atomic E-state index is 0.136. The van der Waals surface area contributed by atoms with Crippen LogP contribution in [0.1, 0.15) is 59.8 Å². The number of nitrogens with one attached hydrogen (secondary N) is 2. The minimum atomic E-state index is -4.91. The molecule has 0 bridgehead atoms. The molecule has 2 aromatic rings. The molecule has 3 atom stereocenters. The fourth-order valence-corrected chi connectivity index (χ4v) is 5.95. The summed E-state index contributed by atoms with van der Waals surface area (Å²) in [5.41, 5.74) is -3.28. The van der Waals surface area contributed by atoms with Gasteiger partial charge in [-0.2, -0.15) is 23.0 Å². The lowest BCUT2D eigenvalue weighted by atomic mass is 10.0. The van der Waals surface area contributed by atoms with Crippen molar-refractivity contribution in [2.24, 2.45) is 11.3 Å². The highest BCUT2D eigenvalue weighted by Gasteiger charge is 2.67. The summed E-state index contributed by atoms with van der Waals surface area (Å²) in [6, 6.07) is 2.06. The van der Waals surface area contributed by atoms with E-state index in [-0.39, 0.29) is 35.0 Å². The molecule has 1 amide bonds. The van der Waals surface area contributed by atoms with Crippen LogP contribution in [0.25, 0.3) is 0 Å². The Bertz CT molecular complexity index is 1340. The molecule has 0 radical (unpaired) electrons. The Balaban J connectivity index is 1.55. The maximum Gasteiger partial charge on any atom is 0.420 e. The number of amides is 1. The molecule has 0 aromatic carbocycles. The average molecular weight is 519 g/mol. The molecule has 0 spiro atoms. The van der Waals surface area contributed by atoms with Crippen molar-refractivity contribution < 1.29 is 35.7 Å². The molecule has 2 aromatic heterocycles. The molecule has 8 nitrogen and oxygen atoms in total. The molecular weight excluding hydrogens is 497 g/mol. The highest BCUT2D eigenvalue weighted by atomic mass is 32.2. The van der Waals surface area contributed by atoms with Gasteiger partial charge in [-0.05, 0) is 30.6 Å². The molecule has 0 saturated heterocycles. The molecule has 3 fully saturated rings. The highest BCUT2D eigenvalue weighted by Crippen LogP contribution is 2.68. The van der Waals surface area contributed by atoms with Gasteiger partial charge < -0.3 is 10.5 Å². The highest BCUT2D eigenvalue weighted by molar-refractivity contribution is 7.91. The summed E-state index contributed by atoms with van der Waals surface area (Å²) in [5.74, 6) is -4.89. The zero-order chi connectivity index (χ0) is 25.6. The van der Waals surface area contributed by atoms with Crippen LogP contribution < -0.4 is 10.0 Å². The zero-order valence-electron chi connectivity index (χ0n) is 18.5. The molecule has 3 unspecified atom stereocenters. The first-order valence-corrected chi connectivity index (χ1v) is 12.9. The summed E-state index contributed by atoms with van der Waals surface area (Å²) in [5, 5.41) is 17.8. The summed E-state index contributed by atoms with van der Waals surface area (Å²) in [7, 11) is -3.49. The van der Waals surface area contributed by atoms with Crippen molar-refractivity contribution in [3.8, 4) is 0 Å². The Kier molecular flexibility index (Phi) is 5.04. The van der Waals surface area contributed by atoms with Crippen LogP contribution in [0.5, 0.6) is 0 Å². The maximum absolute atomic E-state index is 14.2. The number of carbonyl (C=O) groups is 1. The number of halogens is 5. The second-order valence-electron chi connectivity index (χ2n) is 9.92. The summed E-state index contributed by atoms with van der Waals surface area (Å²) < 4.78 is 91.1. The van der Waals surface area contributed by atoms with Crippen LogP contribution >= 0.6 is 0 Å². The number of hydrogen-bond donors (Lipinski definition) is 2. The van der Waals surface area contributed by atoms with E-state index < -0.39 is 61.8 Å². The first kappa shape index (κ1) is 23.9. The molecule has 35 heavy (non-hydrogen) atoms. The zero-order valence-corrected chi connectivity index (χ0v) is 19.3.